The Labute approximate surface area is 139 Å². The van der Waals surface area contributed by atoms with Crippen molar-refractivity contribution in [3.05, 3.63) is 65.5 Å². The molecular formula is C19H19N3O2. The molecule has 1 fully saturated rings. The van der Waals surface area contributed by atoms with Crippen molar-refractivity contribution in [1.29, 1.82) is 0 Å². The van der Waals surface area contributed by atoms with Crippen molar-refractivity contribution in [2.45, 2.75) is 18.9 Å². The first kappa shape index (κ1) is 14.9. The second kappa shape index (κ2) is 6.09. The van der Waals surface area contributed by atoms with Crippen molar-refractivity contribution in [2.75, 3.05) is 13.1 Å². The van der Waals surface area contributed by atoms with E-state index in [0.29, 0.717) is 11.5 Å². The summed E-state index contributed by atoms with van der Waals surface area (Å²) >= 11 is 0. The molecule has 0 aliphatic carbocycles. The third-order valence-corrected chi connectivity index (χ3v) is 4.71. The van der Waals surface area contributed by atoms with Gasteiger partial charge < -0.3 is 10.1 Å². The van der Waals surface area contributed by atoms with Gasteiger partial charge in [-0.1, -0.05) is 24.3 Å². The number of carboxylic acids is 1. The number of hydrogen-bond acceptors (Lipinski definition) is 3. The third-order valence-electron chi connectivity index (χ3n) is 4.71. The zero-order chi connectivity index (χ0) is 16.5. The monoisotopic (exact) mass is 321 g/mol. The number of imidazole rings is 1. The van der Waals surface area contributed by atoms with Gasteiger partial charge in [0.2, 0.25) is 0 Å². The van der Waals surface area contributed by atoms with Crippen molar-refractivity contribution in [3.8, 4) is 0 Å². The number of nitrogens with zero attached hydrogens (tertiary/aromatic N) is 2. The van der Waals surface area contributed by atoms with E-state index >= 15 is 0 Å². The minimum atomic E-state index is -0.875. The fourth-order valence-electron chi connectivity index (χ4n) is 3.44. The number of nitrogens with one attached hydrogen (secondary N) is 1. The van der Waals surface area contributed by atoms with E-state index in [1.165, 1.54) is 5.56 Å². The average Bonchev–Trinajstić information content (AvgIpc) is 3.21. The van der Waals surface area contributed by atoms with E-state index in [9.17, 15) is 4.79 Å². The standard InChI is InChI=1S/C19H19N3O2/c23-19(24)14-7-5-13(6-8-14)15-9-10-22(11-15)12-18-20-16-3-1-2-4-17(16)21-18/h1-8,15H,9-12H2,(H,20,21)(H,23,24)/t15-/m0/s1. The molecule has 0 radical (unpaired) electrons. The van der Waals surface area contributed by atoms with Gasteiger partial charge in [0.15, 0.2) is 0 Å². The molecule has 2 N–H and O–H groups in total. The highest BCUT2D eigenvalue weighted by Crippen LogP contribution is 2.28. The molecule has 122 valence electrons. The van der Waals surface area contributed by atoms with Gasteiger partial charge in [-0.05, 0) is 48.7 Å². The number of H-pyrrole nitrogens is 1. The molecule has 0 saturated carbocycles. The SMILES string of the molecule is O=C(O)c1ccc([C@H]2CCN(Cc3nc4ccccc4[nH]3)C2)cc1. The lowest BCUT2D eigenvalue weighted by Gasteiger charge is -2.14. The number of fused-ring (bicyclic) bond motifs is 1. The third kappa shape index (κ3) is 2.90. The molecule has 5 heteroatoms. The Morgan fingerprint density at radius 3 is 2.75 bits per heavy atom. The number of carbonyl (C=O) groups is 1. The van der Waals surface area contributed by atoms with Crippen molar-refractivity contribution in [2.24, 2.45) is 0 Å². The predicted molar refractivity (Wildman–Crippen MR) is 92.1 cm³/mol. The van der Waals surface area contributed by atoms with Crippen molar-refractivity contribution in [1.82, 2.24) is 14.9 Å². The van der Waals surface area contributed by atoms with E-state index in [1.807, 2.05) is 36.4 Å². The fourth-order valence-corrected chi connectivity index (χ4v) is 3.44. The zero-order valence-electron chi connectivity index (χ0n) is 13.3. The number of aromatic amines is 1. The molecule has 0 spiro atoms. The largest absolute Gasteiger partial charge is 0.478 e. The van der Waals surface area contributed by atoms with E-state index in [4.69, 9.17) is 5.11 Å². The first-order valence-corrected chi connectivity index (χ1v) is 8.18. The number of benzene rings is 2. The molecule has 24 heavy (non-hydrogen) atoms. The van der Waals surface area contributed by atoms with Gasteiger partial charge in [0.25, 0.3) is 0 Å². The van der Waals surface area contributed by atoms with Crippen LogP contribution in [0.5, 0.6) is 0 Å². The van der Waals surface area contributed by atoms with Crippen LogP contribution in [0.2, 0.25) is 0 Å². The topological polar surface area (TPSA) is 69.2 Å². The van der Waals surface area contributed by atoms with Crippen LogP contribution in [0.4, 0.5) is 0 Å². The van der Waals surface area contributed by atoms with Gasteiger partial charge in [-0.25, -0.2) is 9.78 Å². The Morgan fingerprint density at radius 2 is 2.00 bits per heavy atom. The minimum Gasteiger partial charge on any atom is -0.478 e. The summed E-state index contributed by atoms with van der Waals surface area (Å²) in [6.07, 6.45) is 1.09. The predicted octanol–water partition coefficient (Wildman–Crippen LogP) is 3.25. The molecule has 2 heterocycles. The van der Waals surface area contributed by atoms with Crippen LogP contribution in [0.15, 0.2) is 48.5 Å². The summed E-state index contributed by atoms with van der Waals surface area (Å²) in [6, 6.07) is 15.3. The van der Waals surface area contributed by atoms with Gasteiger partial charge in [0, 0.05) is 6.54 Å². The summed E-state index contributed by atoms with van der Waals surface area (Å²) in [5.41, 5.74) is 3.64. The Balaban J connectivity index is 1.43. The maximum atomic E-state index is 10.9. The van der Waals surface area contributed by atoms with E-state index in [1.54, 1.807) is 12.1 Å². The highest BCUT2D eigenvalue weighted by atomic mass is 16.4. The van der Waals surface area contributed by atoms with Crippen LogP contribution >= 0.6 is 0 Å². The van der Waals surface area contributed by atoms with Crippen LogP contribution in [-0.2, 0) is 6.54 Å². The number of para-hydroxylation sites is 2. The maximum Gasteiger partial charge on any atom is 0.335 e. The Bertz CT molecular complexity index is 837. The lowest BCUT2D eigenvalue weighted by Crippen LogP contribution is -2.20. The molecule has 0 amide bonds. The highest BCUT2D eigenvalue weighted by Gasteiger charge is 2.24. The van der Waals surface area contributed by atoms with Crippen LogP contribution in [-0.4, -0.2) is 39.0 Å². The molecule has 1 aliphatic rings. The van der Waals surface area contributed by atoms with Crippen molar-refractivity contribution >= 4 is 17.0 Å². The first-order valence-electron chi connectivity index (χ1n) is 8.18. The van der Waals surface area contributed by atoms with Crippen molar-refractivity contribution in [3.63, 3.8) is 0 Å². The van der Waals surface area contributed by atoms with Crippen LogP contribution in [0.3, 0.4) is 0 Å². The van der Waals surface area contributed by atoms with Gasteiger partial charge in [-0.3, -0.25) is 4.90 Å². The number of carboxylic acid groups (broad SMARTS) is 1. The summed E-state index contributed by atoms with van der Waals surface area (Å²) in [6.45, 7) is 2.82. The average molecular weight is 321 g/mol. The Hall–Kier alpha value is -2.66. The van der Waals surface area contributed by atoms with Gasteiger partial charge in [-0.15, -0.1) is 0 Å². The lowest BCUT2D eigenvalue weighted by molar-refractivity contribution is 0.0697. The summed E-state index contributed by atoms with van der Waals surface area (Å²) in [5.74, 6) is 0.579. The molecule has 5 nitrogen and oxygen atoms in total. The quantitative estimate of drug-likeness (QED) is 0.774. The van der Waals surface area contributed by atoms with Crippen LogP contribution in [0, 0.1) is 0 Å². The number of rotatable bonds is 4. The molecule has 0 bridgehead atoms. The number of aromatic carboxylic acids is 1. The van der Waals surface area contributed by atoms with E-state index in [-0.39, 0.29) is 0 Å². The zero-order valence-corrected chi connectivity index (χ0v) is 13.3. The molecule has 1 aromatic heterocycles. The summed E-state index contributed by atoms with van der Waals surface area (Å²) in [5, 5.41) is 8.99. The summed E-state index contributed by atoms with van der Waals surface area (Å²) in [7, 11) is 0. The normalized spacial score (nSPS) is 18.2. The Kier molecular flexibility index (Phi) is 3.78. The molecule has 0 unspecified atom stereocenters. The number of aromatic nitrogens is 2. The molecule has 3 aromatic rings. The van der Waals surface area contributed by atoms with E-state index < -0.39 is 5.97 Å². The van der Waals surface area contributed by atoms with Crippen molar-refractivity contribution < 1.29 is 9.90 Å². The molecule has 1 saturated heterocycles. The highest BCUT2D eigenvalue weighted by molar-refractivity contribution is 5.87. The molecule has 4 rings (SSSR count). The molecular weight excluding hydrogens is 302 g/mol. The van der Waals surface area contributed by atoms with E-state index in [2.05, 4.69) is 14.9 Å². The van der Waals surface area contributed by atoms with Gasteiger partial charge >= 0.3 is 5.97 Å². The van der Waals surface area contributed by atoms with E-state index in [0.717, 1.165) is 42.9 Å². The maximum absolute atomic E-state index is 10.9. The second-order valence-electron chi connectivity index (χ2n) is 6.35. The molecule has 1 aliphatic heterocycles. The number of likely N-dealkylation sites (tertiary alicyclic amines) is 1. The van der Waals surface area contributed by atoms with Gasteiger partial charge in [-0.2, -0.15) is 0 Å². The molecule has 2 aromatic carbocycles. The summed E-state index contributed by atoms with van der Waals surface area (Å²) < 4.78 is 0. The summed E-state index contributed by atoms with van der Waals surface area (Å²) in [4.78, 5) is 21.4. The smallest absolute Gasteiger partial charge is 0.335 e. The number of hydrogen-bond donors (Lipinski definition) is 2. The first-order chi connectivity index (χ1) is 11.7. The molecule has 1 atom stereocenters. The lowest BCUT2D eigenvalue weighted by atomic mass is 9.97. The van der Waals surface area contributed by atoms with Gasteiger partial charge in [0.1, 0.15) is 5.82 Å². The fraction of sp³-hybridized carbons (Fsp3) is 0.263. The van der Waals surface area contributed by atoms with Crippen LogP contribution in [0.1, 0.15) is 34.1 Å². The minimum absolute atomic E-state index is 0.343. The Morgan fingerprint density at radius 1 is 1.21 bits per heavy atom. The van der Waals surface area contributed by atoms with Crippen LogP contribution in [0.25, 0.3) is 11.0 Å². The van der Waals surface area contributed by atoms with Gasteiger partial charge in [0.05, 0.1) is 23.1 Å². The second-order valence-corrected chi connectivity index (χ2v) is 6.35. The van der Waals surface area contributed by atoms with Crippen LogP contribution < -0.4 is 0 Å².